The maximum atomic E-state index is 13.0. The molecule has 0 bridgehead atoms. The van der Waals surface area contributed by atoms with Gasteiger partial charge in [-0.3, -0.25) is 9.69 Å². The molecule has 33 heavy (non-hydrogen) atoms. The number of aryl methyl sites for hydroxylation is 2. The van der Waals surface area contributed by atoms with Gasteiger partial charge in [0.05, 0.1) is 43.5 Å². The summed E-state index contributed by atoms with van der Waals surface area (Å²) in [6, 6.07) is 16.5. The Morgan fingerprint density at radius 3 is 2.48 bits per heavy atom. The van der Waals surface area contributed by atoms with E-state index in [2.05, 4.69) is 53.5 Å². The molecule has 2 heterocycles. The van der Waals surface area contributed by atoms with Crippen LogP contribution in [-0.4, -0.2) is 55.7 Å². The highest BCUT2D eigenvalue weighted by Crippen LogP contribution is 2.29. The number of methoxy groups -OCH3 is 1. The summed E-state index contributed by atoms with van der Waals surface area (Å²) in [5, 5.41) is 4.15. The van der Waals surface area contributed by atoms with Crippen LogP contribution in [0.4, 0.5) is 0 Å². The first-order valence-electron chi connectivity index (χ1n) is 11.3. The molecule has 1 aliphatic rings. The summed E-state index contributed by atoms with van der Waals surface area (Å²) in [4.78, 5) is 21.1. The Morgan fingerprint density at radius 1 is 1.12 bits per heavy atom. The number of hydrogen-bond acceptors (Lipinski definition) is 6. The van der Waals surface area contributed by atoms with E-state index in [4.69, 9.17) is 14.5 Å². The number of hydrogen-bond donors (Lipinski definition) is 1. The number of aromatic nitrogens is 1. The molecule has 0 spiro atoms. The van der Waals surface area contributed by atoms with Crippen LogP contribution in [0.3, 0.4) is 0 Å². The Labute approximate surface area is 199 Å². The first kappa shape index (κ1) is 23.4. The lowest BCUT2D eigenvalue weighted by Gasteiger charge is -2.35. The fourth-order valence-electron chi connectivity index (χ4n) is 4.12. The molecule has 1 N–H and O–H groups in total. The van der Waals surface area contributed by atoms with Gasteiger partial charge >= 0.3 is 0 Å². The van der Waals surface area contributed by atoms with Crippen molar-refractivity contribution < 1.29 is 14.3 Å². The van der Waals surface area contributed by atoms with Crippen LogP contribution in [0.25, 0.3) is 11.3 Å². The van der Waals surface area contributed by atoms with Crippen LogP contribution in [0, 0.1) is 13.8 Å². The third-order valence-corrected chi connectivity index (χ3v) is 6.90. The Hall–Kier alpha value is -2.74. The van der Waals surface area contributed by atoms with Gasteiger partial charge in [0.25, 0.3) is 0 Å². The van der Waals surface area contributed by atoms with Crippen molar-refractivity contribution in [3.05, 3.63) is 69.5 Å². The highest BCUT2D eigenvalue weighted by Gasteiger charge is 2.24. The molecule has 7 heteroatoms. The number of carbonyl (C=O) groups excluding carboxylic acids is 1. The number of thiazole rings is 1. The van der Waals surface area contributed by atoms with E-state index in [1.807, 2.05) is 19.1 Å². The lowest BCUT2D eigenvalue weighted by atomic mass is 10.0. The molecule has 1 aliphatic heterocycles. The largest absolute Gasteiger partial charge is 0.497 e. The maximum absolute atomic E-state index is 13.0. The number of benzene rings is 2. The minimum absolute atomic E-state index is 0.0128. The molecule has 4 rings (SSSR count). The lowest BCUT2D eigenvalue weighted by molar-refractivity contribution is -0.120. The number of nitrogens with zero attached hydrogens (tertiary/aromatic N) is 2. The third kappa shape index (κ3) is 5.99. The van der Waals surface area contributed by atoms with Crippen molar-refractivity contribution in [3.8, 4) is 17.0 Å². The van der Waals surface area contributed by atoms with Crippen molar-refractivity contribution in [1.29, 1.82) is 0 Å². The van der Waals surface area contributed by atoms with E-state index < -0.39 is 0 Å². The molecule has 174 valence electrons. The van der Waals surface area contributed by atoms with Crippen molar-refractivity contribution in [3.63, 3.8) is 0 Å². The van der Waals surface area contributed by atoms with Crippen molar-refractivity contribution >= 4 is 17.2 Å². The summed E-state index contributed by atoms with van der Waals surface area (Å²) < 4.78 is 10.8. The average molecular weight is 466 g/mol. The van der Waals surface area contributed by atoms with E-state index in [-0.39, 0.29) is 11.9 Å². The maximum Gasteiger partial charge on any atom is 0.225 e. The number of morpholine rings is 1. The van der Waals surface area contributed by atoms with Crippen LogP contribution in [0.5, 0.6) is 5.75 Å². The van der Waals surface area contributed by atoms with Crippen molar-refractivity contribution in [1.82, 2.24) is 15.2 Å². The van der Waals surface area contributed by atoms with Crippen LogP contribution in [0.1, 0.15) is 27.1 Å². The standard InChI is InChI=1S/C26H31N3O3S/c1-18-4-6-21(7-5-18)26-24(33-19(2)28-26)16-25(30)27-17-23(29-12-14-32-15-13-29)20-8-10-22(31-3)11-9-20/h4-11,23H,12-17H2,1-3H3,(H,27,30). The molecule has 0 saturated carbocycles. The molecule has 1 unspecified atom stereocenters. The van der Waals surface area contributed by atoms with Crippen LogP contribution >= 0.6 is 11.3 Å². The molecular formula is C26H31N3O3S. The predicted octanol–water partition coefficient (Wildman–Crippen LogP) is 4.17. The Balaban J connectivity index is 1.46. The summed E-state index contributed by atoms with van der Waals surface area (Å²) in [6.45, 7) is 7.71. The Morgan fingerprint density at radius 2 is 1.82 bits per heavy atom. The first-order valence-corrected chi connectivity index (χ1v) is 12.1. The van der Waals surface area contributed by atoms with Gasteiger partial charge in [-0.25, -0.2) is 4.98 Å². The molecule has 1 fully saturated rings. The van der Waals surface area contributed by atoms with Gasteiger partial charge in [-0.2, -0.15) is 0 Å². The van der Waals surface area contributed by atoms with Crippen LogP contribution in [0.2, 0.25) is 0 Å². The quantitative estimate of drug-likeness (QED) is 0.541. The summed E-state index contributed by atoms with van der Waals surface area (Å²) in [7, 11) is 1.67. The Kier molecular flexibility index (Phi) is 7.75. The monoisotopic (exact) mass is 465 g/mol. The van der Waals surface area contributed by atoms with E-state index in [1.165, 1.54) is 5.56 Å². The SMILES string of the molecule is COc1ccc(C(CNC(=O)Cc2sc(C)nc2-c2ccc(C)cc2)N2CCOCC2)cc1. The normalized spacial score (nSPS) is 15.2. The Bertz CT molecular complexity index is 1060. The minimum atomic E-state index is 0.0128. The summed E-state index contributed by atoms with van der Waals surface area (Å²) in [5.41, 5.74) is 4.33. The van der Waals surface area contributed by atoms with Gasteiger partial charge in [-0.05, 0) is 31.5 Å². The van der Waals surface area contributed by atoms with Crippen LogP contribution < -0.4 is 10.1 Å². The number of ether oxygens (including phenoxy) is 2. The van der Waals surface area contributed by atoms with E-state index >= 15 is 0 Å². The first-order chi connectivity index (χ1) is 16.0. The predicted molar refractivity (Wildman–Crippen MR) is 132 cm³/mol. The second kappa shape index (κ2) is 10.9. The van der Waals surface area contributed by atoms with E-state index in [9.17, 15) is 4.79 Å². The molecule has 1 saturated heterocycles. The highest BCUT2D eigenvalue weighted by molar-refractivity contribution is 7.12. The lowest BCUT2D eigenvalue weighted by Crippen LogP contribution is -2.44. The van der Waals surface area contributed by atoms with Crippen LogP contribution in [-0.2, 0) is 16.0 Å². The fraction of sp³-hybridized carbons (Fsp3) is 0.385. The smallest absolute Gasteiger partial charge is 0.225 e. The van der Waals surface area contributed by atoms with Crippen molar-refractivity contribution in [2.75, 3.05) is 40.0 Å². The number of carbonyl (C=O) groups is 1. The van der Waals surface area contributed by atoms with Gasteiger partial charge in [0, 0.05) is 30.1 Å². The van der Waals surface area contributed by atoms with Gasteiger partial charge in [0.2, 0.25) is 5.91 Å². The second-order valence-corrected chi connectivity index (χ2v) is 9.58. The molecule has 3 aromatic rings. The highest BCUT2D eigenvalue weighted by atomic mass is 32.1. The number of amides is 1. The summed E-state index contributed by atoms with van der Waals surface area (Å²) in [5.74, 6) is 0.839. The molecule has 1 aromatic heterocycles. The van der Waals surface area contributed by atoms with Gasteiger partial charge in [-0.1, -0.05) is 42.0 Å². The third-order valence-electron chi connectivity index (χ3n) is 5.93. The van der Waals surface area contributed by atoms with E-state index in [1.54, 1.807) is 18.4 Å². The zero-order valence-electron chi connectivity index (χ0n) is 19.5. The van der Waals surface area contributed by atoms with Gasteiger partial charge in [-0.15, -0.1) is 11.3 Å². The zero-order valence-corrected chi connectivity index (χ0v) is 20.3. The average Bonchev–Trinajstić information content (AvgIpc) is 3.20. The molecule has 1 amide bonds. The van der Waals surface area contributed by atoms with E-state index in [0.717, 1.165) is 45.5 Å². The molecule has 0 radical (unpaired) electrons. The molecular weight excluding hydrogens is 434 g/mol. The zero-order chi connectivity index (χ0) is 23.2. The van der Waals surface area contributed by atoms with Gasteiger partial charge < -0.3 is 14.8 Å². The second-order valence-electron chi connectivity index (χ2n) is 8.29. The molecule has 2 aromatic carbocycles. The van der Waals surface area contributed by atoms with Crippen molar-refractivity contribution in [2.45, 2.75) is 26.3 Å². The topological polar surface area (TPSA) is 63.7 Å². The number of nitrogens with one attached hydrogen (secondary N) is 1. The van der Waals surface area contributed by atoms with Gasteiger partial charge in [0.1, 0.15) is 5.75 Å². The minimum Gasteiger partial charge on any atom is -0.497 e. The number of rotatable bonds is 8. The molecule has 0 aliphatic carbocycles. The van der Waals surface area contributed by atoms with Gasteiger partial charge in [0.15, 0.2) is 0 Å². The van der Waals surface area contributed by atoms with E-state index in [0.29, 0.717) is 26.2 Å². The molecule has 6 nitrogen and oxygen atoms in total. The fourth-order valence-corrected chi connectivity index (χ4v) is 5.07. The van der Waals surface area contributed by atoms with Crippen molar-refractivity contribution in [2.24, 2.45) is 0 Å². The van der Waals surface area contributed by atoms with Crippen LogP contribution in [0.15, 0.2) is 48.5 Å². The summed E-state index contributed by atoms with van der Waals surface area (Å²) >= 11 is 1.59. The summed E-state index contributed by atoms with van der Waals surface area (Å²) in [6.07, 6.45) is 0.327. The molecule has 1 atom stereocenters.